The van der Waals surface area contributed by atoms with Crippen molar-refractivity contribution in [3.05, 3.63) is 82.3 Å². The first-order valence-corrected chi connectivity index (χ1v) is 8.20. The maximum absolute atomic E-state index is 13.2. The molecule has 1 heterocycles. The van der Waals surface area contributed by atoms with E-state index in [4.69, 9.17) is 4.74 Å². The summed E-state index contributed by atoms with van der Waals surface area (Å²) < 4.78 is 18.6. The van der Waals surface area contributed by atoms with Crippen molar-refractivity contribution in [1.82, 2.24) is 10.6 Å². The molecule has 2 amide bonds. The van der Waals surface area contributed by atoms with Crippen molar-refractivity contribution in [2.24, 2.45) is 0 Å². The number of urea groups is 1. The van der Waals surface area contributed by atoms with E-state index in [0.717, 1.165) is 11.1 Å². The highest BCUT2D eigenvalue weighted by molar-refractivity contribution is 5.95. The third-order valence-corrected chi connectivity index (χ3v) is 4.18. The normalized spacial score (nSPS) is 16.7. The number of esters is 1. The standard InChI is InChI=1S/C20H19FN2O3/c1-12-3-5-14(6-4-12)11-26-19(24)17-13(2)22-20(25)23-18(17)15-7-9-16(21)10-8-15/h3-10,18H,11H2,1-2H3,(H2,22,23,25)/t18-/m1/s1. The molecule has 0 radical (unpaired) electrons. The first kappa shape index (κ1) is 17.7. The topological polar surface area (TPSA) is 67.4 Å². The maximum atomic E-state index is 13.2. The van der Waals surface area contributed by atoms with Gasteiger partial charge in [-0.05, 0) is 37.1 Å². The smallest absolute Gasteiger partial charge is 0.338 e. The van der Waals surface area contributed by atoms with Gasteiger partial charge in [0.15, 0.2) is 0 Å². The molecule has 0 aliphatic carbocycles. The summed E-state index contributed by atoms with van der Waals surface area (Å²) in [4.78, 5) is 24.5. The van der Waals surface area contributed by atoms with E-state index in [1.165, 1.54) is 24.3 Å². The summed E-state index contributed by atoms with van der Waals surface area (Å²) in [5.41, 5.74) is 3.30. The number of hydrogen-bond donors (Lipinski definition) is 2. The molecular formula is C20H19FN2O3. The number of allylic oxidation sites excluding steroid dienone is 1. The number of hydrogen-bond acceptors (Lipinski definition) is 3. The van der Waals surface area contributed by atoms with Gasteiger partial charge < -0.3 is 15.4 Å². The van der Waals surface area contributed by atoms with Crippen molar-refractivity contribution in [3.63, 3.8) is 0 Å². The van der Waals surface area contributed by atoms with Crippen LogP contribution in [0, 0.1) is 12.7 Å². The molecule has 2 aromatic carbocycles. The summed E-state index contributed by atoms with van der Waals surface area (Å²) in [6.45, 7) is 3.74. The molecule has 0 saturated heterocycles. The Morgan fingerprint density at radius 1 is 1.08 bits per heavy atom. The molecule has 6 heteroatoms. The van der Waals surface area contributed by atoms with Crippen molar-refractivity contribution < 1.29 is 18.7 Å². The lowest BCUT2D eigenvalue weighted by Gasteiger charge is -2.28. The zero-order valence-corrected chi connectivity index (χ0v) is 14.5. The third-order valence-electron chi connectivity index (χ3n) is 4.18. The van der Waals surface area contributed by atoms with E-state index in [2.05, 4.69) is 10.6 Å². The van der Waals surface area contributed by atoms with Gasteiger partial charge in [0, 0.05) is 5.70 Å². The molecule has 1 aliphatic heterocycles. The van der Waals surface area contributed by atoms with Gasteiger partial charge in [0.05, 0.1) is 11.6 Å². The molecule has 0 spiro atoms. The van der Waals surface area contributed by atoms with Gasteiger partial charge in [-0.25, -0.2) is 14.0 Å². The van der Waals surface area contributed by atoms with Crippen molar-refractivity contribution in [2.45, 2.75) is 26.5 Å². The minimum Gasteiger partial charge on any atom is -0.457 e. The van der Waals surface area contributed by atoms with Crippen LogP contribution < -0.4 is 10.6 Å². The Kier molecular flexibility index (Phi) is 5.02. The fourth-order valence-corrected chi connectivity index (χ4v) is 2.78. The van der Waals surface area contributed by atoms with E-state index in [-0.39, 0.29) is 6.61 Å². The quantitative estimate of drug-likeness (QED) is 0.826. The maximum Gasteiger partial charge on any atom is 0.338 e. The molecule has 5 nitrogen and oxygen atoms in total. The van der Waals surface area contributed by atoms with E-state index in [0.29, 0.717) is 16.8 Å². The van der Waals surface area contributed by atoms with E-state index in [9.17, 15) is 14.0 Å². The average Bonchev–Trinajstić information content (AvgIpc) is 2.61. The molecule has 3 rings (SSSR count). The number of aryl methyl sites for hydroxylation is 1. The minimum atomic E-state index is -0.699. The van der Waals surface area contributed by atoms with Gasteiger partial charge >= 0.3 is 12.0 Å². The molecule has 0 unspecified atom stereocenters. The second-order valence-electron chi connectivity index (χ2n) is 6.18. The van der Waals surface area contributed by atoms with Gasteiger partial charge in [0.2, 0.25) is 0 Å². The second kappa shape index (κ2) is 7.39. The van der Waals surface area contributed by atoms with Gasteiger partial charge in [0.1, 0.15) is 12.4 Å². The minimum absolute atomic E-state index is 0.125. The van der Waals surface area contributed by atoms with E-state index in [1.54, 1.807) is 6.92 Å². The molecule has 2 aromatic rings. The first-order chi connectivity index (χ1) is 12.4. The first-order valence-electron chi connectivity index (χ1n) is 8.20. The fourth-order valence-electron chi connectivity index (χ4n) is 2.78. The lowest BCUT2D eigenvalue weighted by atomic mass is 9.95. The van der Waals surface area contributed by atoms with Crippen LogP contribution in [0.15, 0.2) is 59.8 Å². The van der Waals surface area contributed by atoms with Crippen LogP contribution in [-0.2, 0) is 16.1 Å². The summed E-state index contributed by atoms with van der Waals surface area (Å²) in [5, 5.41) is 5.27. The van der Waals surface area contributed by atoms with Crippen molar-refractivity contribution in [3.8, 4) is 0 Å². The predicted molar refractivity (Wildman–Crippen MR) is 94.5 cm³/mol. The highest BCUT2D eigenvalue weighted by Gasteiger charge is 2.32. The number of ether oxygens (including phenoxy) is 1. The lowest BCUT2D eigenvalue weighted by Crippen LogP contribution is -2.45. The average molecular weight is 354 g/mol. The van der Waals surface area contributed by atoms with Crippen LogP contribution in [-0.4, -0.2) is 12.0 Å². The fraction of sp³-hybridized carbons (Fsp3) is 0.200. The summed E-state index contributed by atoms with van der Waals surface area (Å²) in [6.07, 6.45) is 0. The number of carbonyl (C=O) groups excluding carboxylic acids is 2. The highest BCUT2D eigenvalue weighted by Crippen LogP contribution is 2.28. The van der Waals surface area contributed by atoms with Crippen LogP contribution in [0.25, 0.3) is 0 Å². The molecule has 134 valence electrons. The Labute approximate surface area is 150 Å². The van der Waals surface area contributed by atoms with Crippen LogP contribution in [0.3, 0.4) is 0 Å². The van der Waals surface area contributed by atoms with Crippen LogP contribution in [0.1, 0.15) is 29.7 Å². The molecule has 0 fully saturated rings. The Balaban J connectivity index is 1.82. The number of amides is 2. The second-order valence-corrected chi connectivity index (χ2v) is 6.18. The van der Waals surface area contributed by atoms with E-state index < -0.39 is 23.9 Å². The number of nitrogens with one attached hydrogen (secondary N) is 2. The summed E-state index contributed by atoms with van der Waals surface area (Å²) >= 11 is 0. The lowest BCUT2D eigenvalue weighted by molar-refractivity contribution is -0.140. The SMILES string of the molecule is CC1=C(C(=O)OCc2ccc(C)cc2)[C@@H](c2ccc(F)cc2)NC(=O)N1. The zero-order chi connectivity index (χ0) is 18.7. The Morgan fingerprint density at radius 2 is 1.73 bits per heavy atom. The Morgan fingerprint density at radius 3 is 2.38 bits per heavy atom. The molecule has 0 saturated carbocycles. The number of rotatable bonds is 4. The summed E-state index contributed by atoms with van der Waals surface area (Å²) in [6, 6.07) is 12.2. The van der Waals surface area contributed by atoms with Crippen LogP contribution >= 0.6 is 0 Å². The summed E-state index contributed by atoms with van der Waals surface area (Å²) in [5.74, 6) is -0.928. The molecule has 26 heavy (non-hydrogen) atoms. The number of benzene rings is 2. The largest absolute Gasteiger partial charge is 0.457 e. The van der Waals surface area contributed by atoms with Gasteiger partial charge in [-0.1, -0.05) is 42.0 Å². The van der Waals surface area contributed by atoms with Gasteiger partial charge in [-0.3, -0.25) is 0 Å². The molecular weight excluding hydrogens is 335 g/mol. The van der Waals surface area contributed by atoms with E-state index in [1.807, 2.05) is 31.2 Å². The van der Waals surface area contributed by atoms with Crippen molar-refractivity contribution in [2.75, 3.05) is 0 Å². The van der Waals surface area contributed by atoms with Crippen LogP contribution in [0.2, 0.25) is 0 Å². The molecule has 2 N–H and O–H groups in total. The highest BCUT2D eigenvalue weighted by atomic mass is 19.1. The number of carbonyl (C=O) groups is 2. The van der Waals surface area contributed by atoms with Crippen molar-refractivity contribution >= 4 is 12.0 Å². The number of halogens is 1. The molecule has 1 atom stereocenters. The Hall–Kier alpha value is -3.15. The summed E-state index contributed by atoms with van der Waals surface area (Å²) in [7, 11) is 0. The third kappa shape index (κ3) is 3.91. The zero-order valence-electron chi connectivity index (χ0n) is 14.5. The van der Waals surface area contributed by atoms with Crippen molar-refractivity contribution in [1.29, 1.82) is 0 Å². The van der Waals surface area contributed by atoms with Crippen LogP contribution in [0.4, 0.5) is 9.18 Å². The Bertz CT molecular complexity index is 858. The van der Waals surface area contributed by atoms with E-state index >= 15 is 0 Å². The molecule has 0 bridgehead atoms. The van der Waals surface area contributed by atoms with Gasteiger partial charge in [-0.15, -0.1) is 0 Å². The monoisotopic (exact) mass is 354 g/mol. The predicted octanol–water partition coefficient (Wildman–Crippen LogP) is 3.51. The molecule has 0 aromatic heterocycles. The molecule has 1 aliphatic rings. The van der Waals surface area contributed by atoms with Gasteiger partial charge in [0.25, 0.3) is 0 Å². The van der Waals surface area contributed by atoms with Gasteiger partial charge in [-0.2, -0.15) is 0 Å². The van der Waals surface area contributed by atoms with Crippen LogP contribution in [0.5, 0.6) is 0 Å².